The van der Waals surface area contributed by atoms with Gasteiger partial charge in [-0.3, -0.25) is 0 Å². The summed E-state index contributed by atoms with van der Waals surface area (Å²) in [6.07, 6.45) is 3.45. The Morgan fingerprint density at radius 3 is 2.38 bits per heavy atom. The van der Waals surface area contributed by atoms with Crippen molar-refractivity contribution in [3.63, 3.8) is 0 Å². The standard InChI is InChI=1S/C17H14ClNO2/c1-21-17(20)16(12-7-13-5-3-2-4-6-13)19-15-10-8-14(18)9-11-15/h2-12H,1H3/b12-7+,19-16?. The number of nitrogens with zero attached hydrogens (tertiary/aromatic N) is 1. The predicted molar refractivity (Wildman–Crippen MR) is 86.0 cm³/mol. The maximum Gasteiger partial charge on any atom is 0.356 e. The Balaban J connectivity index is 2.28. The monoisotopic (exact) mass is 299 g/mol. The topological polar surface area (TPSA) is 38.7 Å². The first-order valence-corrected chi connectivity index (χ1v) is 6.72. The lowest BCUT2D eigenvalue weighted by atomic mass is 10.2. The van der Waals surface area contributed by atoms with Gasteiger partial charge in [-0.1, -0.05) is 48.0 Å². The fraction of sp³-hybridized carbons (Fsp3) is 0.0588. The fourth-order valence-corrected chi connectivity index (χ4v) is 1.78. The molecule has 0 atom stereocenters. The van der Waals surface area contributed by atoms with Gasteiger partial charge < -0.3 is 4.74 Å². The van der Waals surface area contributed by atoms with E-state index in [1.54, 1.807) is 30.3 Å². The number of hydrogen-bond donors (Lipinski definition) is 0. The molecule has 0 amide bonds. The van der Waals surface area contributed by atoms with Gasteiger partial charge in [0.15, 0.2) is 0 Å². The summed E-state index contributed by atoms with van der Waals surface area (Å²) in [5, 5.41) is 0.619. The van der Waals surface area contributed by atoms with E-state index in [4.69, 9.17) is 16.3 Å². The average molecular weight is 300 g/mol. The Kier molecular flexibility index (Phi) is 5.29. The molecule has 0 heterocycles. The molecule has 0 radical (unpaired) electrons. The maximum atomic E-state index is 11.8. The molecule has 0 aliphatic heterocycles. The van der Waals surface area contributed by atoms with E-state index in [0.717, 1.165) is 5.56 Å². The Hall–Kier alpha value is -2.39. The SMILES string of the molecule is COC(=O)C(/C=C/c1ccccc1)=Nc1ccc(Cl)cc1. The van der Waals surface area contributed by atoms with Gasteiger partial charge >= 0.3 is 5.97 Å². The molecule has 0 fully saturated rings. The number of methoxy groups -OCH3 is 1. The van der Waals surface area contributed by atoms with Gasteiger partial charge in [-0.25, -0.2) is 9.79 Å². The van der Waals surface area contributed by atoms with E-state index in [2.05, 4.69) is 4.99 Å². The first-order chi connectivity index (χ1) is 10.2. The number of rotatable bonds is 4. The number of ether oxygens (including phenoxy) is 1. The Bertz CT molecular complexity index is 661. The van der Waals surface area contributed by atoms with Crippen LogP contribution in [0.15, 0.2) is 65.7 Å². The van der Waals surface area contributed by atoms with Crippen molar-refractivity contribution in [2.45, 2.75) is 0 Å². The number of benzene rings is 2. The summed E-state index contributed by atoms with van der Waals surface area (Å²) in [4.78, 5) is 16.1. The van der Waals surface area contributed by atoms with Crippen LogP contribution in [-0.2, 0) is 9.53 Å². The molecule has 0 aromatic heterocycles. The molecule has 0 aliphatic rings. The molecule has 0 bridgehead atoms. The number of carbonyl (C=O) groups excluding carboxylic acids is 1. The second-order valence-corrected chi connectivity index (χ2v) is 4.65. The molecule has 2 aromatic rings. The average Bonchev–Trinajstić information content (AvgIpc) is 2.53. The third kappa shape index (κ3) is 4.58. The molecule has 0 saturated heterocycles. The molecule has 2 aromatic carbocycles. The van der Waals surface area contributed by atoms with E-state index >= 15 is 0 Å². The van der Waals surface area contributed by atoms with Gasteiger partial charge in [0.1, 0.15) is 5.71 Å². The fourth-order valence-electron chi connectivity index (χ4n) is 1.65. The van der Waals surface area contributed by atoms with E-state index in [1.165, 1.54) is 7.11 Å². The van der Waals surface area contributed by atoms with Crippen LogP contribution in [0.5, 0.6) is 0 Å². The lowest BCUT2D eigenvalue weighted by Gasteiger charge is -2.00. The molecule has 21 heavy (non-hydrogen) atoms. The van der Waals surface area contributed by atoms with Crippen molar-refractivity contribution in [3.05, 3.63) is 71.3 Å². The van der Waals surface area contributed by atoms with E-state index in [0.29, 0.717) is 10.7 Å². The highest BCUT2D eigenvalue weighted by Crippen LogP contribution is 2.17. The van der Waals surface area contributed by atoms with Crippen LogP contribution in [0.3, 0.4) is 0 Å². The first kappa shape index (κ1) is 15.0. The molecule has 0 aliphatic carbocycles. The minimum absolute atomic E-state index is 0.226. The molecular weight excluding hydrogens is 286 g/mol. The van der Waals surface area contributed by atoms with E-state index in [-0.39, 0.29) is 5.71 Å². The van der Waals surface area contributed by atoms with Crippen LogP contribution in [0.2, 0.25) is 5.02 Å². The third-order valence-electron chi connectivity index (χ3n) is 2.70. The van der Waals surface area contributed by atoms with Crippen molar-refractivity contribution < 1.29 is 9.53 Å². The maximum absolute atomic E-state index is 11.8. The summed E-state index contributed by atoms with van der Waals surface area (Å²) in [6.45, 7) is 0. The summed E-state index contributed by atoms with van der Waals surface area (Å²) in [6, 6.07) is 16.6. The van der Waals surface area contributed by atoms with Crippen LogP contribution < -0.4 is 0 Å². The van der Waals surface area contributed by atoms with Gasteiger partial charge in [0.2, 0.25) is 0 Å². The molecular formula is C17H14ClNO2. The zero-order valence-electron chi connectivity index (χ0n) is 11.5. The van der Waals surface area contributed by atoms with E-state index in [9.17, 15) is 4.79 Å². The van der Waals surface area contributed by atoms with Crippen LogP contribution in [0.4, 0.5) is 5.69 Å². The number of aliphatic imine (C=N–C) groups is 1. The molecule has 4 heteroatoms. The van der Waals surface area contributed by atoms with Crippen molar-refractivity contribution in [1.82, 2.24) is 0 Å². The van der Waals surface area contributed by atoms with Crippen molar-refractivity contribution in [1.29, 1.82) is 0 Å². The van der Waals surface area contributed by atoms with E-state index < -0.39 is 5.97 Å². The number of hydrogen-bond acceptors (Lipinski definition) is 3. The van der Waals surface area contributed by atoms with Gasteiger partial charge in [-0.05, 0) is 35.9 Å². The minimum Gasteiger partial charge on any atom is -0.464 e. The normalized spacial score (nSPS) is 11.6. The second kappa shape index (κ2) is 7.41. The number of esters is 1. The molecule has 2 rings (SSSR count). The van der Waals surface area contributed by atoms with Crippen LogP contribution in [0.25, 0.3) is 6.08 Å². The highest BCUT2D eigenvalue weighted by Gasteiger charge is 2.08. The second-order valence-electron chi connectivity index (χ2n) is 4.21. The summed E-state index contributed by atoms with van der Waals surface area (Å²) in [5.74, 6) is -0.489. The minimum atomic E-state index is -0.489. The van der Waals surface area contributed by atoms with Gasteiger partial charge in [-0.2, -0.15) is 0 Å². The van der Waals surface area contributed by atoms with Crippen LogP contribution in [0, 0.1) is 0 Å². The van der Waals surface area contributed by atoms with Crippen molar-refractivity contribution in [2.24, 2.45) is 4.99 Å². The summed E-state index contributed by atoms with van der Waals surface area (Å²) in [7, 11) is 1.33. The van der Waals surface area contributed by atoms with Gasteiger partial charge in [0.05, 0.1) is 12.8 Å². The Morgan fingerprint density at radius 2 is 1.76 bits per heavy atom. The van der Waals surface area contributed by atoms with Crippen molar-refractivity contribution in [3.8, 4) is 0 Å². The number of halogens is 1. The van der Waals surface area contributed by atoms with Crippen molar-refractivity contribution >= 4 is 35.0 Å². The van der Waals surface area contributed by atoms with Crippen LogP contribution >= 0.6 is 11.6 Å². The first-order valence-electron chi connectivity index (χ1n) is 6.35. The van der Waals surface area contributed by atoms with Crippen molar-refractivity contribution in [2.75, 3.05) is 7.11 Å². The summed E-state index contributed by atoms with van der Waals surface area (Å²) in [5.41, 5.74) is 1.84. The zero-order valence-corrected chi connectivity index (χ0v) is 12.2. The van der Waals surface area contributed by atoms with Gasteiger partial charge in [0, 0.05) is 5.02 Å². The molecule has 0 spiro atoms. The predicted octanol–water partition coefficient (Wildman–Crippen LogP) is 4.30. The Morgan fingerprint density at radius 1 is 1.10 bits per heavy atom. The smallest absolute Gasteiger partial charge is 0.356 e. The zero-order chi connectivity index (χ0) is 15.1. The van der Waals surface area contributed by atoms with Crippen LogP contribution in [-0.4, -0.2) is 18.8 Å². The van der Waals surface area contributed by atoms with Gasteiger partial charge in [-0.15, -0.1) is 0 Å². The van der Waals surface area contributed by atoms with Gasteiger partial charge in [0.25, 0.3) is 0 Å². The highest BCUT2D eigenvalue weighted by molar-refractivity contribution is 6.42. The Labute approximate surface area is 128 Å². The number of carbonyl (C=O) groups is 1. The van der Waals surface area contributed by atoms with Crippen LogP contribution in [0.1, 0.15) is 5.56 Å². The molecule has 0 N–H and O–H groups in total. The highest BCUT2D eigenvalue weighted by atomic mass is 35.5. The van der Waals surface area contributed by atoms with E-state index in [1.807, 2.05) is 36.4 Å². The largest absolute Gasteiger partial charge is 0.464 e. The third-order valence-corrected chi connectivity index (χ3v) is 2.96. The quantitative estimate of drug-likeness (QED) is 0.623. The molecule has 0 unspecified atom stereocenters. The lowest BCUT2D eigenvalue weighted by molar-refractivity contribution is -0.132. The molecule has 3 nitrogen and oxygen atoms in total. The molecule has 0 saturated carbocycles. The lowest BCUT2D eigenvalue weighted by Crippen LogP contribution is -2.12. The summed E-state index contributed by atoms with van der Waals surface area (Å²) < 4.78 is 4.75. The summed E-state index contributed by atoms with van der Waals surface area (Å²) >= 11 is 5.83. The molecule has 106 valence electrons.